The highest BCUT2D eigenvalue weighted by atomic mass is 28.4. The first kappa shape index (κ1) is 79.2. The summed E-state index contributed by atoms with van der Waals surface area (Å²) in [4.78, 5) is 69.4. The minimum Gasteiger partial charge on any atom is -0.459 e. The van der Waals surface area contributed by atoms with Crippen molar-refractivity contribution in [2.75, 3.05) is 20.3 Å². The summed E-state index contributed by atoms with van der Waals surface area (Å²) in [6.45, 7) is 25.8. The Labute approximate surface area is 637 Å². The van der Waals surface area contributed by atoms with Crippen LogP contribution in [0, 0.1) is 22.0 Å². The van der Waals surface area contributed by atoms with Crippen LogP contribution in [0.4, 0.5) is 5.69 Å². The predicted molar refractivity (Wildman–Crippen MR) is 411 cm³/mol. The van der Waals surface area contributed by atoms with E-state index in [4.69, 9.17) is 61.0 Å². The highest BCUT2D eigenvalue weighted by Crippen LogP contribution is 2.50. The van der Waals surface area contributed by atoms with Gasteiger partial charge in [-0.2, -0.15) is 0 Å². The number of benzene rings is 5. The third-order valence-electron chi connectivity index (χ3n) is 24.0. The quantitative estimate of drug-likeness (QED) is 0.0210. The molecule has 8 heterocycles. The van der Waals surface area contributed by atoms with Gasteiger partial charge in [0, 0.05) is 50.3 Å². The number of carbonyl (C=O) groups excluding carboxylic acids is 4. The van der Waals surface area contributed by atoms with Gasteiger partial charge in [-0.25, -0.2) is 9.59 Å². The van der Waals surface area contributed by atoms with E-state index in [1.165, 1.54) is 31.4 Å². The number of rotatable bonds is 17. The Morgan fingerprint density at radius 3 is 1.69 bits per heavy atom. The number of hydrogen-bond acceptors (Lipinski definition) is 19. The summed E-state index contributed by atoms with van der Waals surface area (Å²) in [5, 5.41) is 14.8. The fraction of sp³-hybridized carbons (Fsp3) is 0.558. The van der Waals surface area contributed by atoms with Crippen molar-refractivity contribution in [3.8, 4) is 0 Å². The van der Waals surface area contributed by atoms with Gasteiger partial charge < -0.3 is 61.0 Å². The molecule has 0 radical (unpaired) electrons. The van der Waals surface area contributed by atoms with E-state index < -0.39 is 153 Å². The van der Waals surface area contributed by atoms with E-state index in [1.54, 1.807) is 0 Å². The van der Waals surface area contributed by atoms with E-state index in [2.05, 4.69) is 145 Å². The molecule has 8 aliphatic rings. The zero-order chi connectivity index (χ0) is 76.4. The van der Waals surface area contributed by atoms with Crippen molar-refractivity contribution >= 4 is 66.8 Å². The SMILES string of the molecule is C=C1CC2CC(C)C(=O)C[C@H]3O[C@H]4[C@@H](O[Si](c5ccccc5)(c5ccccc5)C(C)(C)C)[C@H]5OC(CC[C@@H]5O[C@H]4[C@H]3O[Si](c3ccccc3)(c3ccccc3)C(C)(C)C)CC(=O)O[C@H]3C(C[C@H]4O[C@@H](CCC1O2)CC(C)=C4COC(=O)COC)O[C@H]1C[C@@H](OC(=O)c2ccc([N+](=O)[O-])cc2)[C@@H](CCC)O[C@H]1[C@@H]3C. The van der Waals surface area contributed by atoms with Crippen molar-refractivity contribution in [2.24, 2.45) is 11.8 Å². The van der Waals surface area contributed by atoms with Crippen LogP contribution in [0.5, 0.6) is 0 Å². The van der Waals surface area contributed by atoms with Gasteiger partial charge in [-0.15, -0.1) is 0 Å². The molecule has 5 unspecified atom stereocenters. The van der Waals surface area contributed by atoms with Crippen LogP contribution in [0.3, 0.4) is 0 Å². The molecule has 7 saturated heterocycles. The Kier molecular flexibility index (Phi) is 24.6. The third kappa shape index (κ3) is 16.5. The molecule has 0 saturated carbocycles. The molecule has 0 amide bonds. The molecular formula is C86H109NO19Si2. The topological polar surface area (TPSA) is 231 Å². The minimum absolute atomic E-state index is 0.00979. The van der Waals surface area contributed by atoms with Crippen LogP contribution in [0.15, 0.2) is 169 Å². The molecule has 580 valence electrons. The van der Waals surface area contributed by atoms with Crippen molar-refractivity contribution in [1.82, 2.24) is 0 Å². The molecule has 7 fully saturated rings. The van der Waals surface area contributed by atoms with Crippen molar-refractivity contribution < 1.29 is 85.1 Å². The fourth-order valence-corrected chi connectivity index (χ4v) is 28.0. The summed E-state index contributed by atoms with van der Waals surface area (Å²) in [7, 11) is -5.53. The number of ether oxygens (including phenoxy) is 11. The van der Waals surface area contributed by atoms with E-state index in [-0.39, 0.29) is 74.2 Å². The van der Waals surface area contributed by atoms with E-state index >= 15 is 9.59 Å². The number of non-ortho nitro benzene ring substituents is 1. The van der Waals surface area contributed by atoms with Crippen LogP contribution < -0.4 is 20.7 Å². The second-order valence-corrected chi connectivity index (χ2v) is 41.8. The number of esters is 3. The highest BCUT2D eigenvalue weighted by Gasteiger charge is 2.65. The first-order valence-corrected chi connectivity index (χ1v) is 42.9. The average molecular weight is 1520 g/mol. The lowest BCUT2D eigenvalue weighted by Gasteiger charge is -2.53. The highest BCUT2D eigenvalue weighted by molar-refractivity contribution is 7.00. The van der Waals surface area contributed by atoms with Crippen LogP contribution >= 0.6 is 0 Å². The van der Waals surface area contributed by atoms with Gasteiger partial charge in [0.15, 0.2) is 0 Å². The zero-order valence-electron chi connectivity index (χ0n) is 64.4. The number of carbonyl (C=O) groups is 4. The van der Waals surface area contributed by atoms with Gasteiger partial charge in [0.05, 0.1) is 84.1 Å². The normalized spacial score (nSPS) is 32.2. The Hall–Kier alpha value is -6.91. The molecular weight excluding hydrogens is 1410 g/mol. The first-order valence-electron chi connectivity index (χ1n) is 39.1. The summed E-state index contributed by atoms with van der Waals surface area (Å²) in [5.74, 6) is -2.67. The summed E-state index contributed by atoms with van der Waals surface area (Å²) >= 11 is 0. The average Bonchev–Trinajstić information content (AvgIpc) is 1.35. The van der Waals surface area contributed by atoms with Crippen molar-refractivity contribution in [1.29, 1.82) is 0 Å². The summed E-state index contributed by atoms with van der Waals surface area (Å²) in [6.07, 6.45) is -7.15. The molecule has 8 aliphatic heterocycles. The second kappa shape index (κ2) is 33.6. The molecule has 13 rings (SSSR count). The van der Waals surface area contributed by atoms with Gasteiger partial charge in [0.1, 0.15) is 61.7 Å². The molecule has 5 aromatic carbocycles. The minimum atomic E-state index is -3.52. The zero-order valence-corrected chi connectivity index (χ0v) is 66.4. The molecule has 0 N–H and O–H groups in total. The van der Waals surface area contributed by atoms with Crippen LogP contribution in [0.25, 0.3) is 0 Å². The van der Waals surface area contributed by atoms with E-state index in [1.807, 2.05) is 52.0 Å². The number of nitro benzene ring substituents is 1. The smallest absolute Gasteiger partial charge is 0.338 e. The second-order valence-electron chi connectivity index (χ2n) is 33.3. The van der Waals surface area contributed by atoms with E-state index in [0.29, 0.717) is 57.8 Å². The molecule has 0 aromatic heterocycles. The van der Waals surface area contributed by atoms with Crippen molar-refractivity contribution in [3.05, 3.63) is 185 Å². The Bertz CT molecular complexity index is 3900. The van der Waals surface area contributed by atoms with Crippen LogP contribution in [-0.2, 0) is 75.3 Å². The molecule has 20 nitrogen and oxygen atoms in total. The molecule has 22 heteroatoms. The molecule has 20 atom stereocenters. The third-order valence-corrected chi connectivity index (χ3v) is 34.0. The maximum absolute atomic E-state index is 15.6. The maximum atomic E-state index is 15.6. The lowest BCUT2D eigenvalue weighted by molar-refractivity contribution is -0.384. The number of nitro groups is 1. The number of nitrogens with zero attached hydrogens (tertiary/aromatic N) is 1. The number of ketones is 1. The lowest BCUT2D eigenvalue weighted by Crippen LogP contribution is -2.73. The molecule has 0 aliphatic carbocycles. The van der Waals surface area contributed by atoms with E-state index in [0.717, 1.165) is 37.5 Å². The van der Waals surface area contributed by atoms with Gasteiger partial charge in [-0.3, -0.25) is 19.7 Å². The standard InChI is InChI=1S/C86H109NO19Si2/c1-13-26-68-71(103-84(91)56-35-37-57(38-36-56)87(92)93)49-74-77(100-68)55(5)78-73(99-74)48-70-65(50-95-76(90)51-94-12)52(2)43-58(96-70)39-41-67-54(4)45-60(97-67)44-53(3)66(88)47-72-80(105-107(85(6,7)8,61-27-18-14-19-28-61)62-29-20-15-21-30-62)81-82(102-72)83(79-69(101-81)42-40-59(98-79)46-75(89)104-78)106-108(86(9,10)11,63-31-22-16-23-32-63)64-33-24-17-25-34-64/h14-25,27-38,53,55,58-60,67-74,77-83H,4,13,26,39-51H2,1-3,5-12H3/t53?,55-,58-,59?,60?,67?,68+,69-,70+,71+,72+,73?,74-,77-,78+,79-,80-,81-,82+,83-/m0/s1. The monoisotopic (exact) mass is 1520 g/mol. The summed E-state index contributed by atoms with van der Waals surface area (Å²) in [6, 6.07) is 47.4. The molecule has 0 spiro atoms. The number of Topliss-reactive ketones (excluding diaryl/α,β-unsaturated/α-hetero) is 1. The number of hydrogen-bond donors (Lipinski definition) is 0. The molecule has 8 bridgehead atoms. The van der Waals surface area contributed by atoms with Crippen LogP contribution in [0.1, 0.15) is 163 Å². The Balaban J connectivity index is 0.901. The van der Waals surface area contributed by atoms with Gasteiger partial charge in [-0.05, 0) is 112 Å². The summed E-state index contributed by atoms with van der Waals surface area (Å²) < 4.78 is 92.5. The van der Waals surface area contributed by atoms with Crippen LogP contribution in [0.2, 0.25) is 10.1 Å². The maximum Gasteiger partial charge on any atom is 0.338 e. The van der Waals surface area contributed by atoms with Gasteiger partial charge >= 0.3 is 17.9 Å². The Morgan fingerprint density at radius 1 is 0.574 bits per heavy atom. The summed E-state index contributed by atoms with van der Waals surface area (Å²) in [5.41, 5.74) is 2.67. The fourth-order valence-electron chi connectivity index (χ4n) is 18.6. The van der Waals surface area contributed by atoms with Crippen molar-refractivity contribution in [2.45, 2.75) is 273 Å². The van der Waals surface area contributed by atoms with Crippen molar-refractivity contribution in [3.63, 3.8) is 0 Å². The van der Waals surface area contributed by atoms with Gasteiger partial charge in [-0.1, -0.05) is 202 Å². The number of fused-ring (bicyclic) bond motifs is 8. The van der Waals surface area contributed by atoms with Gasteiger partial charge in [0.2, 0.25) is 0 Å². The van der Waals surface area contributed by atoms with E-state index in [9.17, 15) is 19.7 Å². The Morgan fingerprint density at radius 2 is 1.12 bits per heavy atom. The number of methoxy groups -OCH3 is 1. The molecule has 5 aromatic rings. The lowest BCUT2D eigenvalue weighted by atomic mass is 9.80. The van der Waals surface area contributed by atoms with Gasteiger partial charge in [0.25, 0.3) is 22.3 Å². The largest absolute Gasteiger partial charge is 0.459 e. The molecule has 108 heavy (non-hydrogen) atoms. The predicted octanol–water partition coefficient (Wildman–Crippen LogP) is 12.3. The first-order chi connectivity index (χ1) is 51.8. The van der Waals surface area contributed by atoms with Crippen LogP contribution in [-0.4, -0.2) is 175 Å².